The van der Waals surface area contributed by atoms with Crippen LogP contribution in [-0.4, -0.2) is 3.81 Å². The summed E-state index contributed by atoms with van der Waals surface area (Å²) in [5, 5.41) is 0.732. The molecule has 0 aromatic heterocycles. The molecular formula is C32H37Cl3OTi. The zero-order valence-corrected chi connectivity index (χ0v) is 26.6. The number of hydrogen-bond acceptors (Lipinski definition) is 1. The standard InChI is InChI=1S/C13H10.C10H13ClO.C9H13.2ClH.Ti/c1-3-7-12(8-4-1)11-13-9-5-2-6-10-13;1-10(2,3)7-5-4-6-8(12)9(7)11;1-6-5-7(2)9(4)8(6)3;;;/h1-10H;4-6,12H,1-3H3;6H,1-4H3;2*1H;/q;;;;;+1/p-1. The van der Waals surface area contributed by atoms with Gasteiger partial charge in [0.2, 0.25) is 0 Å². The Kier molecular flexibility index (Phi) is 11.1. The summed E-state index contributed by atoms with van der Waals surface area (Å²) in [6, 6.07) is 27.7. The second-order valence-corrected chi connectivity index (χ2v) is 13.8. The van der Waals surface area contributed by atoms with Crippen LogP contribution in [0.3, 0.4) is 0 Å². The summed E-state index contributed by atoms with van der Waals surface area (Å²) >= 11 is 4.45. The third-order valence-corrected chi connectivity index (χ3v) is 11.9. The molecule has 1 unspecified atom stereocenters. The van der Waals surface area contributed by atoms with E-state index < -0.39 is 17.8 Å². The molecule has 0 amide bonds. The predicted molar refractivity (Wildman–Crippen MR) is 162 cm³/mol. The number of allylic oxidation sites excluding steroid dienone is 4. The minimum Gasteiger partial charge on any atom is -0.147 e. The molecule has 0 saturated heterocycles. The van der Waals surface area contributed by atoms with Gasteiger partial charge in [0.05, 0.1) is 0 Å². The van der Waals surface area contributed by atoms with Gasteiger partial charge >= 0.3 is 223 Å². The first-order valence-corrected chi connectivity index (χ1v) is 14.9. The molecule has 1 aliphatic rings. The topological polar surface area (TPSA) is 9.23 Å². The minimum absolute atomic E-state index is 0. The van der Waals surface area contributed by atoms with Gasteiger partial charge in [-0.1, -0.05) is 0 Å². The van der Waals surface area contributed by atoms with Gasteiger partial charge in [0, 0.05) is 0 Å². The van der Waals surface area contributed by atoms with Crippen molar-refractivity contribution in [1.29, 1.82) is 0 Å². The van der Waals surface area contributed by atoms with Crippen molar-refractivity contribution < 1.29 is 21.1 Å². The van der Waals surface area contributed by atoms with Crippen LogP contribution in [0.15, 0.2) is 99.5 Å². The van der Waals surface area contributed by atoms with Gasteiger partial charge in [-0.15, -0.1) is 24.8 Å². The van der Waals surface area contributed by atoms with Crippen LogP contribution in [0.2, 0.25) is 5.02 Å². The maximum Gasteiger partial charge on any atom is -0.147 e. The van der Waals surface area contributed by atoms with Crippen molar-refractivity contribution in [2.75, 3.05) is 0 Å². The van der Waals surface area contributed by atoms with Gasteiger partial charge in [-0.05, 0) is 0 Å². The molecule has 3 aromatic carbocycles. The van der Waals surface area contributed by atoms with Crippen LogP contribution in [0.5, 0.6) is 5.75 Å². The van der Waals surface area contributed by atoms with Crippen LogP contribution in [-0.2, 0) is 23.2 Å². The van der Waals surface area contributed by atoms with Gasteiger partial charge in [0.25, 0.3) is 0 Å². The fraction of sp³-hybridized carbons (Fsp3) is 0.281. The third kappa shape index (κ3) is 6.52. The number of halogens is 3. The fourth-order valence-electron chi connectivity index (χ4n) is 4.89. The summed E-state index contributed by atoms with van der Waals surface area (Å²) in [5.74, 6) is 1.16. The molecule has 0 N–H and O–H groups in total. The van der Waals surface area contributed by atoms with E-state index in [1.165, 1.54) is 35.5 Å². The first-order chi connectivity index (χ1) is 16.6. The average Bonchev–Trinajstić information content (AvgIpc) is 3.03. The van der Waals surface area contributed by atoms with E-state index in [0.29, 0.717) is 5.92 Å². The van der Waals surface area contributed by atoms with Crippen molar-refractivity contribution >= 4 is 40.2 Å². The van der Waals surface area contributed by atoms with Crippen molar-refractivity contribution in [1.82, 2.24) is 0 Å². The SMILES string of the molecule is CC1=C(C)C(C)[C]([Ti]([O]c2cccc(C(C)(C)C)c2Cl)=[C](c2ccccc2)c2ccccc2)=C1C.Cl.Cl. The summed E-state index contributed by atoms with van der Waals surface area (Å²) in [7, 11) is 0. The minimum atomic E-state index is -2.59. The van der Waals surface area contributed by atoms with Crippen LogP contribution in [0.25, 0.3) is 0 Å². The summed E-state index contributed by atoms with van der Waals surface area (Å²) in [4.78, 5) is 0. The van der Waals surface area contributed by atoms with Crippen LogP contribution < -0.4 is 3.32 Å². The van der Waals surface area contributed by atoms with Crippen LogP contribution in [0.4, 0.5) is 0 Å². The normalized spacial score (nSPS) is 15.2. The first-order valence-electron chi connectivity index (χ1n) is 12.3. The molecular weight excluding hydrogens is 555 g/mol. The van der Waals surface area contributed by atoms with Crippen molar-refractivity contribution in [3.63, 3.8) is 0 Å². The Morgan fingerprint density at radius 2 is 1.27 bits per heavy atom. The van der Waals surface area contributed by atoms with Gasteiger partial charge in [-0.25, -0.2) is 0 Å². The first kappa shape index (κ1) is 31.6. The fourth-order valence-corrected chi connectivity index (χ4v) is 9.91. The molecule has 0 saturated carbocycles. The molecule has 0 spiro atoms. The van der Waals surface area contributed by atoms with Crippen molar-refractivity contribution in [2.24, 2.45) is 5.92 Å². The summed E-state index contributed by atoms with van der Waals surface area (Å²) in [6.45, 7) is 15.7. The van der Waals surface area contributed by atoms with E-state index in [4.69, 9.17) is 14.9 Å². The molecule has 196 valence electrons. The molecule has 1 aliphatic carbocycles. The maximum atomic E-state index is 7.19. The zero-order valence-electron chi connectivity index (χ0n) is 22.7. The van der Waals surface area contributed by atoms with Crippen LogP contribution in [0.1, 0.15) is 65.2 Å². The van der Waals surface area contributed by atoms with Gasteiger partial charge in [0.15, 0.2) is 0 Å². The molecule has 0 heterocycles. The molecule has 0 radical (unpaired) electrons. The van der Waals surface area contributed by atoms with E-state index in [-0.39, 0.29) is 30.2 Å². The largest absolute Gasteiger partial charge is 0.147 e. The molecule has 1 nitrogen and oxygen atoms in total. The van der Waals surface area contributed by atoms with Crippen LogP contribution in [0, 0.1) is 5.92 Å². The maximum absolute atomic E-state index is 7.19. The Balaban J connectivity index is 0.00000241. The Morgan fingerprint density at radius 1 is 0.757 bits per heavy atom. The molecule has 0 bridgehead atoms. The van der Waals surface area contributed by atoms with E-state index in [1.807, 2.05) is 6.07 Å². The Labute approximate surface area is 246 Å². The number of hydrogen-bond donors (Lipinski definition) is 0. The summed E-state index contributed by atoms with van der Waals surface area (Å²) in [5.41, 5.74) is 7.74. The molecule has 0 aliphatic heterocycles. The smallest absolute Gasteiger partial charge is 0.147 e. The van der Waals surface area contributed by atoms with E-state index in [2.05, 4.69) is 121 Å². The zero-order chi connectivity index (χ0) is 25.3. The van der Waals surface area contributed by atoms with Crippen LogP contribution >= 0.6 is 36.4 Å². The van der Waals surface area contributed by atoms with Crippen molar-refractivity contribution in [3.05, 3.63) is 121 Å². The molecule has 37 heavy (non-hydrogen) atoms. The quantitative estimate of drug-likeness (QED) is 0.268. The van der Waals surface area contributed by atoms with Gasteiger partial charge in [-0.3, -0.25) is 0 Å². The molecule has 4 rings (SSSR count). The Hall–Kier alpha value is -1.61. The van der Waals surface area contributed by atoms with E-state index >= 15 is 0 Å². The van der Waals surface area contributed by atoms with E-state index in [0.717, 1.165) is 16.3 Å². The molecule has 0 fully saturated rings. The van der Waals surface area contributed by atoms with E-state index in [1.54, 1.807) is 0 Å². The van der Waals surface area contributed by atoms with E-state index in [9.17, 15) is 0 Å². The monoisotopic (exact) mass is 590 g/mol. The van der Waals surface area contributed by atoms with Gasteiger partial charge in [0.1, 0.15) is 0 Å². The molecule has 1 atom stereocenters. The predicted octanol–water partition coefficient (Wildman–Crippen LogP) is 9.92. The molecule has 3 aromatic rings. The molecule has 5 heteroatoms. The van der Waals surface area contributed by atoms with Gasteiger partial charge in [-0.2, -0.15) is 0 Å². The Morgan fingerprint density at radius 3 is 1.70 bits per heavy atom. The average molecular weight is 592 g/mol. The van der Waals surface area contributed by atoms with Crippen molar-refractivity contribution in [2.45, 2.75) is 53.9 Å². The second-order valence-electron chi connectivity index (χ2n) is 10.5. The van der Waals surface area contributed by atoms with Gasteiger partial charge < -0.3 is 0 Å². The number of rotatable bonds is 5. The summed E-state index contributed by atoms with van der Waals surface area (Å²) < 4.78 is 9.98. The number of benzene rings is 3. The Bertz CT molecular complexity index is 1290. The summed E-state index contributed by atoms with van der Waals surface area (Å²) in [6.07, 6.45) is 0. The second kappa shape index (κ2) is 13.0. The van der Waals surface area contributed by atoms with Crippen molar-refractivity contribution in [3.8, 4) is 5.75 Å². The third-order valence-electron chi connectivity index (χ3n) is 7.22.